The summed E-state index contributed by atoms with van der Waals surface area (Å²) in [5.41, 5.74) is 7.06. The Kier molecular flexibility index (Phi) is 3.60. The SMILES string of the molecule is Cc1[nH]ncc1-c1ccc2c(c1)-n1nc(C3CCOCC3)cc1N(C)C2. The van der Waals surface area contributed by atoms with Crippen molar-refractivity contribution in [2.24, 2.45) is 0 Å². The summed E-state index contributed by atoms with van der Waals surface area (Å²) in [4.78, 5) is 2.28. The van der Waals surface area contributed by atoms with Crippen molar-refractivity contribution in [3.05, 3.63) is 47.4 Å². The zero-order valence-corrected chi connectivity index (χ0v) is 15.2. The van der Waals surface area contributed by atoms with E-state index in [0.717, 1.165) is 43.9 Å². The average molecular weight is 349 g/mol. The maximum atomic E-state index is 5.52. The summed E-state index contributed by atoms with van der Waals surface area (Å²) >= 11 is 0. The highest BCUT2D eigenvalue weighted by atomic mass is 16.5. The number of fused-ring (bicyclic) bond motifs is 3. The van der Waals surface area contributed by atoms with Gasteiger partial charge in [0.15, 0.2) is 0 Å². The van der Waals surface area contributed by atoms with E-state index < -0.39 is 0 Å². The third-order valence-corrected chi connectivity index (χ3v) is 5.60. The first-order chi connectivity index (χ1) is 12.7. The highest BCUT2D eigenvalue weighted by molar-refractivity contribution is 5.70. The number of anilines is 1. The molecule has 2 aromatic heterocycles. The zero-order valence-electron chi connectivity index (χ0n) is 15.2. The third-order valence-electron chi connectivity index (χ3n) is 5.60. The minimum absolute atomic E-state index is 0.498. The molecule has 134 valence electrons. The van der Waals surface area contributed by atoms with E-state index in [2.05, 4.69) is 58.0 Å². The molecule has 0 unspecified atom stereocenters. The van der Waals surface area contributed by atoms with Gasteiger partial charge in [0.25, 0.3) is 0 Å². The Morgan fingerprint density at radius 3 is 2.81 bits per heavy atom. The highest BCUT2D eigenvalue weighted by Gasteiger charge is 2.26. The third kappa shape index (κ3) is 2.44. The van der Waals surface area contributed by atoms with Crippen LogP contribution < -0.4 is 4.90 Å². The number of benzene rings is 1. The van der Waals surface area contributed by atoms with Crippen LogP contribution in [0.2, 0.25) is 0 Å². The first-order valence-corrected chi connectivity index (χ1v) is 9.23. The van der Waals surface area contributed by atoms with Gasteiger partial charge in [-0.3, -0.25) is 5.10 Å². The molecule has 0 spiro atoms. The van der Waals surface area contributed by atoms with Crippen molar-refractivity contribution >= 4 is 5.82 Å². The Hall–Kier alpha value is -2.60. The van der Waals surface area contributed by atoms with Gasteiger partial charge < -0.3 is 9.64 Å². The fraction of sp³-hybridized carbons (Fsp3) is 0.400. The monoisotopic (exact) mass is 349 g/mol. The number of nitrogens with zero attached hydrogens (tertiary/aromatic N) is 4. The van der Waals surface area contributed by atoms with Crippen LogP contribution >= 0.6 is 0 Å². The Morgan fingerprint density at radius 2 is 2.04 bits per heavy atom. The van der Waals surface area contributed by atoms with Crippen LogP contribution in [0.5, 0.6) is 0 Å². The molecule has 5 rings (SSSR count). The first kappa shape index (κ1) is 15.6. The number of H-pyrrole nitrogens is 1. The molecule has 0 amide bonds. The summed E-state index contributed by atoms with van der Waals surface area (Å²) in [7, 11) is 2.14. The van der Waals surface area contributed by atoms with Crippen LogP contribution in [0.4, 0.5) is 5.82 Å². The van der Waals surface area contributed by atoms with Crippen LogP contribution in [0, 0.1) is 6.92 Å². The maximum Gasteiger partial charge on any atom is 0.132 e. The average Bonchev–Trinajstić information content (AvgIpc) is 3.29. The predicted octanol–water partition coefficient (Wildman–Crippen LogP) is 3.41. The molecule has 1 fully saturated rings. The molecule has 3 aromatic rings. The molecule has 1 N–H and O–H groups in total. The number of aromatic nitrogens is 4. The second kappa shape index (κ2) is 5.99. The van der Waals surface area contributed by atoms with E-state index in [9.17, 15) is 0 Å². The predicted molar refractivity (Wildman–Crippen MR) is 101 cm³/mol. The van der Waals surface area contributed by atoms with Crippen LogP contribution in [-0.4, -0.2) is 40.2 Å². The summed E-state index contributed by atoms with van der Waals surface area (Å²) in [6.07, 6.45) is 4.01. The van der Waals surface area contributed by atoms with Crippen molar-refractivity contribution in [1.82, 2.24) is 20.0 Å². The van der Waals surface area contributed by atoms with Crippen LogP contribution in [0.15, 0.2) is 30.5 Å². The van der Waals surface area contributed by atoms with Gasteiger partial charge in [-0.05, 0) is 37.0 Å². The second-order valence-corrected chi connectivity index (χ2v) is 7.33. The Morgan fingerprint density at radius 1 is 1.19 bits per heavy atom. The lowest BCUT2D eigenvalue weighted by atomic mass is 9.97. The first-order valence-electron chi connectivity index (χ1n) is 9.23. The molecule has 2 aliphatic rings. The second-order valence-electron chi connectivity index (χ2n) is 7.33. The standard InChI is InChI=1S/C20H23N5O/c1-13-17(11-21-22-13)15-3-4-16-12-24(2)20-10-18(14-5-7-26-8-6-14)23-25(20)19(16)9-15/h3-4,9-11,14H,5-8,12H2,1-2H3,(H,21,22). The summed E-state index contributed by atoms with van der Waals surface area (Å²) in [6.45, 7) is 4.63. The summed E-state index contributed by atoms with van der Waals surface area (Å²) in [6, 6.07) is 8.89. The van der Waals surface area contributed by atoms with Gasteiger partial charge in [-0.2, -0.15) is 10.2 Å². The quantitative estimate of drug-likeness (QED) is 0.770. The molecule has 0 atom stereocenters. The molecule has 1 saturated heterocycles. The van der Waals surface area contributed by atoms with Gasteiger partial charge in [-0.15, -0.1) is 0 Å². The fourth-order valence-electron chi connectivity index (χ4n) is 4.07. The van der Waals surface area contributed by atoms with Crippen molar-refractivity contribution in [3.63, 3.8) is 0 Å². The van der Waals surface area contributed by atoms with Gasteiger partial charge in [0, 0.05) is 50.0 Å². The molecule has 0 bridgehead atoms. The van der Waals surface area contributed by atoms with Crippen LogP contribution in [0.1, 0.15) is 35.7 Å². The lowest BCUT2D eigenvalue weighted by Crippen LogP contribution is -2.25. The molecular weight excluding hydrogens is 326 g/mol. The smallest absolute Gasteiger partial charge is 0.132 e. The van der Waals surface area contributed by atoms with Crippen LogP contribution in [0.3, 0.4) is 0 Å². The van der Waals surface area contributed by atoms with Gasteiger partial charge in [0.1, 0.15) is 5.82 Å². The number of hydrogen-bond donors (Lipinski definition) is 1. The van der Waals surface area contributed by atoms with E-state index >= 15 is 0 Å². The zero-order chi connectivity index (χ0) is 17.7. The molecule has 0 aliphatic carbocycles. The largest absolute Gasteiger partial charge is 0.381 e. The van der Waals surface area contributed by atoms with E-state index in [4.69, 9.17) is 9.84 Å². The molecule has 4 heterocycles. The van der Waals surface area contributed by atoms with Crippen LogP contribution in [0.25, 0.3) is 16.8 Å². The van der Waals surface area contributed by atoms with Gasteiger partial charge in [-0.25, -0.2) is 4.68 Å². The summed E-state index contributed by atoms with van der Waals surface area (Å²) in [5.74, 6) is 1.66. The van der Waals surface area contributed by atoms with Crippen molar-refractivity contribution in [2.75, 3.05) is 25.2 Å². The number of rotatable bonds is 2. The van der Waals surface area contributed by atoms with E-state index in [1.54, 1.807) is 0 Å². The summed E-state index contributed by atoms with van der Waals surface area (Å²) < 4.78 is 7.63. The van der Waals surface area contributed by atoms with Crippen molar-refractivity contribution in [3.8, 4) is 16.8 Å². The molecule has 0 saturated carbocycles. The van der Waals surface area contributed by atoms with E-state index in [1.807, 2.05) is 6.20 Å². The number of nitrogens with one attached hydrogen (secondary N) is 1. The minimum atomic E-state index is 0.498. The van der Waals surface area contributed by atoms with Gasteiger partial charge in [0.2, 0.25) is 0 Å². The Bertz CT molecular complexity index is 951. The van der Waals surface area contributed by atoms with Gasteiger partial charge >= 0.3 is 0 Å². The number of hydrogen-bond acceptors (Lipinski definition) is 4. The van der Waals surface area contributed by atoms with E-state index in [-0.39, 0.29) is 0 Å². The van der Waals surface area contributed by atoms with Crippen molar-refractivity contribution in [2.45, 2.75) is 32.2 Å². The highest BCUT2D eigenvalue weighted by Crippen LogP contribution is 2.36. The fourth-order valence-corrected chi connectivity index (χ4v) is 4.07. The molecular formula is C20H23N5O. The topological polar surface area (TPSA) is 59.0 Å². The normalized spacial score (nSPS) is 17.2. The molecule has 6 nitrogen and oxygen atoms in total. The van der Waals surface area contributed by atoms with Gasteiger partial charge in [-0.1, -0.05) is 12.1 Å². The maximum absolute atomic E-state index is 5.52. The number of aryl methyl sites for hydroxylation is 1. The molecule has 26 heavy (non-hydrogen) atoms. The van der Waals surface area contributed by atoms with Crippen molar-refractivity contribution in [1.29, 1.82) is 0 Å². The molecule has 2 aliphatic heterocycles. The lowest BCUT2D eigenvalue weighted by molar-refractivity contribution is 0.0844. The molecule has 0 radical (unpaired) electrons. The number of aromatic amines is 1. The van der Waals surface area contributed by atoms with E-state index in [0.29, 0.717) is 5.92 Å². The Balaban J connectivity index is 1.60. The Labute approximate surface area is 152 Å². The molecule has 6 heteroatoms. The summed E-state index contributed by atoms with van der Waals surface area (Å²) in [5, 5.41) is 12.2. The molecule has 1 aromatic carbocycles. The lowest BCUT2D eigenvalue weighted by Gasteiger charge is -2.27. The minimum Gasteiger partial charge on any atom is -0.381 e. The van der Waals surface area contributed by atoms with Crippen LogP contribution in [-0.2, 0) is 11.3 Å². The van der Waals surface area contributed by atoms with Gasteiger partial charge in [0.05, 0.1) is 17.6 Å². The van der Waals surface area contributed by atoms with E-state index in [1.165, 1.54) is 28.3 Å². The van der Waals surface area contributed by atoms with Crippen molar-refractivity contribution < 1.29 is 4.74 Å². The number of ether oxygens (including phenoxy) is 1.